The number of nitrogens with two attached hydrogens (primary N) is 1. The summed E-state index contributed by atoms with van der Waals surface area (Å²) >= 11 is 0. The van der Waals surface area contributed by atoms with Crippen molar-refractivity contribution in [3.05, 3.63) is 65.7 Å². The van der Waals surface area contributed by atoms with Crippen LogP contribution < -0.4 is 11.1 Å². The van der Waals surface area contributed by atoms with E-state index in [1.165, 1.54) is 5.56 Å². The van der Waals surface area contributed by atoms with Crippen molar-refractivity contribution in [3.8, 4) is 0 Å². The van der Waals surface area contributed by atoms with Gasteiger partial charge in [-0.1, -0.05) is 56.3 Å². The third-order valence-corrected chi connectivity index (χ3v) is 5.16. The van der Waals surface area contributed by atoms with Crippen molar-refractivity contribution in [2.24, 2.45) is 16.6 Å². The van der Waals surface area contributed by atoms with E-state index < -0.39 is 0 Å². The zero-order valence-electron chi connectivity index (χ0n) is 16.6. The smallest absolute Gasteiger partial charge is 0.223 e. The van der Waals surface area contributed by atoms with Gasteiger partial charge in [-0.25, -0.2) is 0 Å². The fourth-order valence-electron chi connectivity index (χ4n) is 3.64. The Morgan fingerprint density at radius 3 is 2.61 bits per heavy atom. The van der Waals surface area contributed by atoms with Crippen LogP contribution in [-0.2, 0) is 4.79 Å². The number of guanidine groups is 1. The Labute approximate surface area is 184 Å². The molecule has 0 aliphatic carbocycles. The van der Waals surface area contributed by atoms with Gasteiger partial charge >= 0.3 is 0 Å². The molecule has 0 bridgehead atoms. The molecule has 6 heteroatoms. The number of carbonyl (C=O) groups excluding carboxylic acids is 1. The van der Waals surface area contributed by atoms with Crippen molar-refractivity contribution in [3.63, 3.8) is 0 Å². The Bertz CT molecular complexity index is 822. The monoisotopic (exact) mass is 492 g/mol. The lowest BCUT2D eigenvalue weighted by Gasteiger charge is -2.24. The lowest BCUT2D eigenvalue weighted by molar-refractivity contribution is -0.127. The van der Waals surface area contributed by atoms with Crippen LogP contribution in [0.25, 0.3) is 0 Å². The normalized spacial score (nSPS) is 19.6. The predicted molar refractivity (Wildman–Crippen MR) is 126 cm³/mol. The average Bonchev–Trinajstić information content (AvgIpc) is 2.95. The summed E-state index contributed by atoms with van der Waals surface area (Å²) in [5.74, 6) is 1.11. The molecule has 2 aromatic carbocycles. The number of hydrogen-bond donors (Lipinski definition) is 2. The number of nitrogens with one attached hydrogen (secondary N) is 1. The SMILES string of the molecule is CC(C)c1cccc(NC(N)=NCC2CC(=O)N(C)C2c2ccccc2)c1.I. The molecular weight excluding hydrogens is 463 g/mol. The molecule has 1 aliphatic heterocycles. The summed E-state index contributed by atoms with van der Waals surface area (Å²) < 4.78 is 0. The average molecular weight is 492 g/mol. The maximum Gasteiger partial charge on any atom is 0.223 e. The molecule has 0 spiro atoms. The first-order valence-electron chi connectivity index (χ1n) is 9.43. The Morgan fingerprint density at radius 2 is 1.93 bits per heavy atom. The second-order valence-electron chi connectivity index (χ2n) is 7.46. The van der Waals surface area contributed by atoms with E-state index in [1.807, 2.05) is 42.3 Å². The third kappa shape index (κ3) is 5.25. The van der Waals surface area contributed by atoms with Gasteiger partial charge in [-0.3, -0.25) is 9.79 Å². The van der Waals surface area contributed by atoms with Crippen molar-refractivity contribution >= 4 is 41.5 Å². The second-order valence-corrected chi connectivity index (χ2v) is 7.46. The van der Waals surface area contributed by atoms with Crippen LogP contribution in [0.1, 0.15) is 43.4 Å². The highest BCUT2D eigenvalue weighted by molar-refractivity contribution is 14.0. The zero-order chi connectivity index (χ0) is 19.4. The fourth-order valence-corrected chi connectivity index (χ4v) is 3.64. The van der Waals surface area contributed by atoms with E-state index in [1.54, 1.807) is 0 Å². The van der Waals surface area contributed by atoms with Crippen molar-refractivity contribution < 1.29 is 4.79 Å². The molecule has 1 amide bonds. The Kier molecular flexibility index (Phi) is 7.86. The second kappa shape index (κ2) is 9.91. The van der Waals surface area contributed by atoms with Crippen molar-refractivity contribution in [2.75, 3.05) is 18.9 Å². The largest absolute Gasteiger partial charge is 0.370 e. The predicted octanol–water partition coefficient (Wildman–Crippen LogP) is 4.37. The molecule has 28 heavy (non-hydrogen) atoms. The molecule has 150 valence electrons. The molecule has 2 aromatic rings. The maximum absolute atomic E-state index is 12.2. The van der Waals surface area contributed by atoms with Crippen molar-refractivity contribution in [1.82, 2.24) is 4.90 Å². The molecule has 0 radical (unpaired) electrons. The number of amides is 1. The minimum atomic E-state index is 0. The molecule has 2 unspecified atom stereocenters. The number of hydrogen-bond acceptors (Lipinski definition) is 2. The number of halogens is 1. The number of nitrogens with zero attached hydrogens (tertiary/aromatic N) is 2. The molecular formula is C22H29IN4O. The van der Waals surface area contributed by atoms with Crippen molar-refractivity contribution in [1.29, 1.82) is 0 Å². The summed E-state index contributed by atoms with van der Waals surface area (Å²) in [5.41, 5.74) is 9.43. The van der Waals surface area contributed by atoms with Gasteiger partial charge < -0.3 is 16.0 Å². The zero-order valence-corrected chi connectivity index (χ0v) is 19.0. The van der Waals surface area contributed by atoms with Gasteiger partial charge in [-0.15, -0.1) is 24.0 Å². The Balaban J connectivity index is 0.00000280. The number of carbonyl (C=O) groups is 1. The van der Waals surface area contributed by atoms with Gasteiger partial charge in [-0.05, 0) is 29.2 Å². The van der Waals surface area contributed by atoms with Crippen molar-refractivity contribution in [2.45, 2.75) is 32.2 Å². The Hall–Kier alpha value is -2.09. The number of likely N-dealkylation sites (tertiary alicyclic amines) is 1. The highest BCUT2D eigenvalue weighted by Crippen LogP contribution is 2.36. The van der Waals surface area contributed by atoms with E-state index in [2.05, 4.69) is 48.4 Å². The molecule has 1 saturated heterocycles. The standard InChI is InChI=1S/C22H28N4O.HI/c1-15(2)17-10-7-11-19(12-17)25-22(23)24-14-18-13-20(27)26(3)21(18)16-8-5-4-6-9-16;/h4-12,15,18,21H,13-14H2,1-3H3,(H3,23,24,25);1H. The summed E-state index contributed by atoms with van der Waals surface area (Å²) in [6, 6.07) is 18.4. The number of aliphatic imine (C=N–C) groups is 1. The van der Waals surface area contributed by atoms with Gasteiger partial charge in [0.15, 0.2) is 5.96 Å². The summed E-state index contributed by atoms with van der Waals surface area (Å²) in [4.78, 5) is 18.6. The minimum Gasteiger partial charge on any atom is -0.370 e. The van der Waals surface area contributed by atoms with E-state index in [0.717, 1.165) is 11.3 Å². The molecule has 0 aromatic heterocycles. The van der Waals surface area contributed by atoms with Crippen LogP contribution in [0.3, 0.4) is 0 Å². The molecule has 2 atom stereocenters. The number of benzene rings is 2. The van der Waals surface area contributed by atoms with E-state index in [0.29, 0.717) is 24.8 Å². The number of rotatable bonds is 5. The molecule has 3 N–H and O–H groups in total. The van der Waals surface area contributed by atoms with E-state index in [4.69, 9.17) is 5.73 Å². The Morgan fingerprint density at radius 1 is 1.21 bits per heavy atom. The molecule has 5 nitrogen and oxygen atoms in total. The van der Waals surface area contributed by atoms with Gasteiger partial charge in [0.1, 0.15) is 0 Å². The summed E-state index contributed by atoms with van der Waals surface area (Å²) in [5, 5.41) is 3.17. The van der Waals surface area contributed by atoms with Gasteiger partial charge in [0.05, 0.1) is 6.04 Å². The highest BCUT2D eigenvalue weighted by Gasteiger charge is 2.38. The first kappa shape index (κ1) is 22.2. The van der Waals surface area contributed by atoms with Crippen LogP contribution in [0.2, 0.25) is 0 Å². The van der Waals surface area contributed by atoms with Gasteiger partial charge in [-0.2, -0.15) is 0 Å². The van der Waals surface area contributed by atoms with Gasteiger partial charge in [0.2, 0.25) is 5.91 Å². The fraction of sp³-hybridized carbons (Fsp3) is 0.364. The lowest BCUT2D eigenvalue weighted by Crippen LogP contribution is -2.27. The summed E-state index contributed by atoms with van der Waals surface area (Å²) in [6.45, 7) is 4.83. The molecule has 3 rings (SSSR count). The molecule has 0 saturated carbocycles. The summed E-state index contributed by atoms with van der Waals surface area (Å²) in [7, 11) is 1.86. The van der Waals surface area contributed by atoms with Crippen LogP contribution >= 0.6 is 24.0 Å². The van der Waals surface area contributed by atoms with Crippen LogP contribution in [0, 0.1) is 5.92 Å². The van der Waals surface area contributed by atoms with Crippen LogP contribution in [0.5, 0.6) is 0 Å². The molecule has 1 aliphatic rings. The van der Waals surface area contributed by atoms with E-state index in [-0.39, 0.29) is 41.8 Å². The van der Waals surface area contributed by atoms with E-state index in [9.17, 15) is 4.79 Å². The highest BCUT2D eigenvalue weighted by atomic mass is 127. The third-order valence-electron chi connectivity index (χ3n) is 5.16. The minimum absolute atomic E-state index is 0. The summed E-state index contributed by atoms with van der Waals surface area (Å²) in [6.07, 6.45) is 0.496. The lowest BCUT2D eigenvalue weighted by atomic mass is 9.94. The quantitative estimate of drug-likeness (QED) is 0.370. The number of anilines is 1. The topological polar surface area (TPSA) is 70.7 Å². The first-order valence-corrected chi connectivity index (χ1v) is 9.43. The van der Waals surface area contributed by atoms with E-state index >= 15 is 0 Å². The van der Waals surface area contributed by atoms with Gasteiger partial charge in [0.25, 0.3) is 0 Å². The van der Waals surface area contributed by atoms with Crippen LogP contribution in [0.4, 0.5) is 5.69 Å². The van der Waals surface area contributed by atoms with Crippen LogP contribution in [0.15, 0.2) is 59.6 Å². The maximum atomic E-state index is 12.2. The van der Waals surface area contributed by atoms with Gasteiger partial charge in [0, 0.05) is 31.6 Å². The van der Waals surface area contributed by atoms with Crippen LogP contribution in [-0.4, -0.2) is 30.4 Å². The molecule has 1 heterocycles. The first-order chi connectivity index (χ1) is 13.0. The molecule has 1 fully saturated rings.